The van der Waals surface area contributed by atoms with Crippen LogP contribution < -0.4 is 0 Å². The van der Waals surface area contributed by atoms with Crippen molar-refractivity contribution in [2.45, 2.75) is 83.1 Å². The SMILES string of the molecule is C[Si](C)(C)OC1(O[Si](C)(C)C)C(c2ccccc2)C12CCCCC2. The average Bonchev–Trinajstić information content (AvgIpc) is 2.94. The lowest BCUT2D eigenvalue weighted by atomic mass is 9.82. The highest BCUT2D eigenvalue weighted by Gasteiger charge is 2.79. The van der Waals surface area contributed by atoms with Gasteiger partial charge >= 0.3 is 0 Å². The van der Waals surface area contributed by atoms with Gasteiger partial charge in [-0.3, -0.25) is 0 Å². The summed E-state index contributed by atoms with van der Waals surface area (Å²) in [6, 6.07) is 11.0. The molecular weight excluding hydrogens is 328 g/mol. The molecule has 0 bridgehead atoms. The van der Waals surface area contributed by atoms with Crippen LogP contribution in [0.4, 0.5) is 0 Å². The highest BCUT2D eigenvalue weighted by molar-refractivity contribution is 6.71. The highest BCUT2D eigenvalue weighted by Crippen LogP contribution is 2.76. The Hall–Kier alpha value is -0.426. The number of rotatable bonds is 5. The predicted molar refractivity (Wildman–Crippen MR) is 106 cm³/mol. The maximum absolute atomic E-state index is 6.92. The van der Waals surface area contributed by atoms with Crippen LogP contribution in [0.15, 0.2) is 30.3 Å². The van der Waals surface area contributed by atoms with Crippen LogP contribution in [-0.4, -0.2) is 22.4 Å². The third-order valence-electron chi connectivity index (χ3n) is 5.34. The van der Waals surface area contributed by atoms with Crippen LogP contribution in [0, 0.1) is 5.41 Å². The molecule has 0 aliphatic heterocycles. The second-order valence-electron chi connectivity index (χ2n) is 9.66. The van der Waals surface area contributed by atoms with Gasteiger partial charge in [0.25, 0.3) is 0 Å². The van der Waals surface area contributed by atoms with Crippen LogP contribution in [0.3, 0.4) is 0 Å². The lowest BCUT2D eigenvalue weighted by Gasteiger charge is -2.37. The predicted octanol–water partition coefficient (Wildman–Crippen LogP) is 6.13. The summed E-state index contributed by atoms with van der Waals surface area (Å²) >= 11 is 0. The molecule has 2 nitrogen and oxygen atoms in total. The first-order chi connectivity index (χ1) is 11.1. The number of benzene rings is 1. The summed E-state index contributed by atoms with van der Waals surface area (Å²) in [4.78, 5) is 0. The fourth-order valence-corrected chi connectivity index (χ4v) is 7.41. The molecular formula is C20H34O2Si2. The minimum Gasteiger partial charge on any atom is -0.391 e. The van der Waals surface area contributed by atoms with Crippen LogP contribution in [-0.2, 0) is 8.85 Å². The first kappa shape index (κ1) is 18.4. The van der Waals surface area contributed by atoms with Gasteiger partial charge in [-0.05, 0) is 57.7 Å². The van der Waals surface area contributed by atoms with Crippen molar-refractivity contribution in [2.75, 3.05) is 0 Å². The van der Waals surface area contributed by atoms with Gasteiger partial charge in [-0.2, -0.15) is 0 Å². The van der Waals surface area contributed by atoms with Crippen LogP contribution in [0.25, 0.3) is 0 Å². The Morgan fingerprint density at radius 1 is 0.792 bits per heavy atom. The van der Waals surface area contributed by atoms with Crippen LogP contribution in [0.2, 0.25) is 39.3 Å². The van der Waals surface area contributed by atoms with Gasteiger partial charge in [0, 0.05) is 11.3 Å². The van der Waals surface area contributed by atoms with E-state index in [1.807, 2.05) is 0 Å². The van der Waals surface area contributed by atoms with E-state index in [2.05, 4.69) is 69.6 Å². The lowest BCUT2D eigenvalue weighted by molar-refractivity contribution is -0.0809. The molecule has 4 heteroatoms. The van der Waals surface area contributed by atoms with Gasteiger partial charge in [0.2, 0.25) is 0 Å². The maximum Gasteiger partial charge on any atom is 0.187 e. The van der Waals surface area contributed by atoms with E-state index in [1.54, 1.807) is 0 Å². The maximum atomic E-state index is 6.92. The van der Waals surface area contributed by atoms with Gasteiger partial charge in [-0.25, -0.2) is 0 Å². The van der Waals surface area contributed by atoms with Crippen molar-refractivity contribution in [1.82, 2.24) is 0 Å². The second-order valence-corrected chi connectivity index (χ2v) is 18.5. The van der Waals surface area contributed by atoms with E-state index in [-0.39, 0.29) is 11.2 Å². The molecule has 1 aromatic carbocycles. The summed E-state index contributed by atoms with van der Waals surface area (Å²) in [5.41, 5.74) is 1.61. The standard InChI is InChI=1S/C20H34O2Si2/c1-23(2,3)21-20(22-24(4,5)6)18(17-13-9-7-10-14-17)19(20)15-11-8-12-16-19/h7,9-10,13-14,18H,8,11-12,15-16H2,1-6H3. The largest absolute Gasteiger partial charge is 0.391 e. The Bertz CT molecular complexity index is 550. The molecule has 0 saturated heterocycles. The van der Waals surface area contributed by atoms with E-state index >= 15 is 0 Å². The van der Waals surface area contributed by atoms with E-state index < -0.39 is 16.6 Å². The third kappa shape index (κ3) is 3.30. The Balaban J connectivity index is 2.05. The molecule has 2 aliphatic carbocycles. The molecule has 0 aromatic heterocycles. The monoisotopic (exact) mass is 362 g/mol. The molecule has 0 heterocycles. The fraction of sp³-hybridized carbons (Fsp3) is 0.700. The molecule has 1 unspecified atom stereocenters. The molecule has 3 rings (SSSR count). The van der Waals surface area contributed by atoms with Crippen molar-refractivity contribution >= 4 is 16.6 Å². The topological polar surface area (TPSA) is 18.5 Å². The summed E-state index contributed by atoms with van der Waals surface area (Å²) in [5.74, 6) is 0.0360. The molecule has 2 fully saturated rings. The Kier molecular flexibility index (Phi) is 4.65. The number of hydrogen-bond donors (Lipinski definition) is 0. The van der Waals surface area contributed by atoms with Crippen molar-refractivity contribution in [3.63, 3.8) is 0 Å². The molecule has 134 valence electrons. The zero-order valence-corrected chi connectivity index (χ0v) is 18.3. The Labute approximate surface area is 150 Å². The second kappa shape index (κ2) is 6.08. The van der Waals surface area contributed by atoms with Crippen molar-refractivity contribution in [1.29, 1.82) is 0 Å². The van der Waals surface area contributed by atoms with Gasteiger partial charge in [0.1, 0.15) is 0 Å². The molecule has 0 N–H and O–H groups in total. The smallest absolute Gasteiger partial charge is 0.187 e. The van der Waals surface area contributed by atoms with E-state index in [1.165, 1.54) is 37.7 Å². The normalized spacial score (nSPS) is 25.7. The van der Waals surface area contributed by atoms with Gasteiger partial charge in [-0.1, -0.05) is 49.6 Å². The van der Waals surface area contributed by atoms with Crippen molar-refractivity contribution < 1.29 is 8.85 Å². The van der Waals surface area contributed by atoms with Gasteiger partial charge in [-0.15, -0.1) is 0 Å². The third-order valence-corrected chi connectivity index (χ3v) is 7.17. The summed E-state index contributed by atoms with van der Waals surface area (Å²) in [6.45, 7) is 13.8. The average molecular weight is 363 g/mol. The van der Waals surface area contributed by atoms with Crippen LogP contribution in [0.5, 0.6) is 0 Å². The van der Waals surface area contributed by atoms with Gasteiger partial charge < -0.3 is 8.85 Å². The van der Waals surface area contributed by atoms with Crippen LogP contribution in [0.1, 0.15) is 43.6 Å². The van der Waals surface area contributed by atoms with Gasteiger partial charge in [0.15, 0.2) is 22.4 Å². The zero-order chi connectivity index (χ0) is 17.6. The van der Waals surface area contributed by atoms with Gasteiger partial charge in [0.05, 0.1) is 0 Å². The molecule has 2 saturated carbocycles. The van der Waals surface area contributed by atoms with Crippen LogP contribution >= 0.6 is 0 Å². The molecule has 1 atom stereocenters. The molecule has 2 aliphatic rings. The van der Waals surface area contributed by atoms with Crippen molar-refractivity contribution in [3.05, 3.63) is 35.9 Å². The molecule has 0 amide bonds. The van der Waals surface area contributed by atoms with E-state index in [9.17, 15) is 0 Å². The molecule has 1 spiro atoms. The lowest BCUT2D eigenvalue weighted by Crippen LogP contribution is -2.45. The summed E-state index contributed by atoms with van der Waals surface area (Å²) < 4.78 is 13.8. The molecule has 24 heavy (non-hydrogen) atoms. The quantitative estimate of drug-likeness (QED) is 0.463. The molecule has 0 radical (unpaired) electrons. The Morgan fingerprint density at radius 3 is 1.75 bits per heavy atom. The minimum absolute atomic E-state index is 0.202. The van der Waals surface area contributed by atoms with E-state index in [4.69, 9.17) is 8.85 Å². The Morgan fingerprint density at radius 2 is 1.29 bits per heavy atom. The highest BCUT2D eigenvalue weighted by atomic mass is 28.4. The molecule has 1 aromatic rings. The fourth-order valence-electron chi connectivity index (χ4n) is 4.79. The minimum atomic E-state index is -1.72. The summed E-state index contributed by atoms with van der Waals surface area (Å²) in [7, 11) is -3.43. The van der Waals surface area contributed by atoms with E-state index in [0.29, 0.717) is 5.92 Å². The summed E-state index contributed by atoms with van der Waals surface area (Å²) in [5, 5.41) is 0. The summed E-state index contributed by atoms with van der Waals surface area (Å²) in [6.07, 6.45) is 6.49. The first-order valence-corrected chi connectivity index (χ1v) is 16.4. The number of hydrogen-bond acceptors (Lipinski definition) is 2. The van der Waals surface area contributed by atoms with Crippen molar-refractivity contribution in [2.24, 2.45) is 5.41 Å². The van der Waals surface area contributed by atoms with Crippen molar-refractivity contribution in [3.8, 4) is 0 Å². The zero-order valence-electron chi connectivity index (χ0n) is 16.3. The van der Waals surface area contributed by atoms with E-state index in [0.717, 1.165) is 0 Å². The first-order valence-electron chi connectivity index (χ1n) is 9.55.